The van der Waals surface area contributed by atoms with Gasteiger partial charge in [-0.25, -0.2) is 4.79 Å². The molecule has 0 saturated carbocycles. The van der Waals surface area contributed by atoms with Crippen LogP contribution in [0.15, 0.2) is 0 Å². The van der Waals surface area contributed by atoms with Crippen molar-refractivity contribution in [3.8, 4) is 0 Å². The predicted octanol–water partition coefficient (Wildman–Crippen LogP) is -3.45. The van der Waals surface area contributed by atoms with E-state index in [9.17, 15) is 14.7 Å². The first-order chi connectivity index (χ1) is 7.81. The van der Waals surface area contributed by atoms with Crippen molar-refractivity contribution in [1.82, 2.24) is 0 Å². The summed E-state index contributed by atoms with van der Waals surface area (Å²) in [6.45, 7) is -0.549. The number of ketones is 1. The number of ether oxygens (including phenoxy) is 1. The van der Waals surface area contributed by atoms with Crippen LogP contribution in [0, 0.1) is 0 Å². The van der Waals surface area contributed by atoms with Crippen LogP contribution in [0.1, 0.15) is 6.92 Å². The molecule has 0 aliphatic heterocycles. The second-order valence-electron chi connectivity index (χ2n) is 3.44. The Kier molecular flexibility index (Phi) is 6.85. The highest BCUT2D eigenvalue weighted by atomic mass is 16.5. The third-order valence-corrected chi connectivity index (χ3v) is 1.93. The minimum atomic E-state index is -1.99. The fraction of sp³-hybridized carbons (Fsp3) is 0.778. The Morgan fingerprint density at radius 3 is 2.12 bits per heavy atom. The maximum Gasteiger partial charge on any atom is 0.335 e. The van der Waals surface area contributed by atoms with E-state index >= 15 is 0 Å². The largest absolute Gasteiger partial charge is 0.456 e. The van der Waals surface area contributed by atoms with Crippen LogP contribution in [-0.4, -0.2) is 74.9 Å². The molecule has 0 radical (unpaired) electrons. The molecule has 5 N–H and O–H groups in total. The van der Waals surface area contributed by atoms with Gasteiger partial charge in [-0.15, -0.1) is 0 Å². The molecule has 100 valence electrons. The Morgan fingerprint density at radius 2 is 1.71 bits per heavy atom. The molecular weight excluding hydrogens is 236 g/mol. The lowest BCUT2D eigenvalue weighted by Crippen LogP contribution is -2.45. The van der Waals surface area contributed by atoms with E-state index in [0.29, 0.717) is 0 Å². The number of esters is 1. The minimum Gasteiger partial charge on any atom is -0.456 e. The molecule has 0 aliphatic rings. The van der Waals surface area contributed by atoms with E-state index in [4.69, 9.17) is 20.4 Å². The number of Topliss-reactive ketones (excluding diaryl/α,β-unsaturated/α-hetero) is 1. The predicted molar refractivity (Wildman–Crippen MR) is 52.8 cm³/mol. The second-order valence-corrected chi connectivity index (χ2v) is 3.44. The number of hydrogen-bond acceptors (Lipinski definition) is 8. The minimum absolute atomic E-state index is 0.834. The van der Waals surface area contributed by atoms with Crippen molar-refractivity contribution in [2.45, 2.75) is 31.3 Å². The molecule has 8 heteroatoms. The molecule has 0 aliphatic carbocycles. The maximum atomic E-state index is 11.2. The molecule has 1 unspecified atom stereocenters. The topological polar surface area (TPSA) is 145 Å². The van der Waals surface area contributed by atoms with Crippen molar-refractivity contribution in [3.05, 3.63) is 0 Å². The molecule has 4 atom stereocenters. The molecule has 0 aromatic carbocycles. The van der Waals surface area contributed by atoms with Gasteiger partial charge in [0, 0.05) is 0 Å². The van der Waals surface area contributed by atoms with Gasteiger partial charge in [-0.05, 0) is 6.92 Å². The van der Waals surface area contributed by atoms with E-state index in [1.165, 1.54) is 0 Å². The Balaban J connectivity index is 4.19. The van der Waals surface area contributed by atoms with Gasteiger partial charge >= 0.3 is 5.97 Å². The van der Waals surface area contributed by atoms with Crippen molar-refractivity contribution < 1.29 is 39.9 Å². The summed E-state index contributed by atoms with van der Waals surface area (Å²) in [6, 6.07) is 0. The molecule has 17 heavy (non-hydrogen) atoms. The number of carbonyl (C=O) groups is 2. The van der Waals surface area contributed by atoms with Crippen LogP contribution in [0.5, 0.6) is 0 Å². The zero-order chi connectivity index (χ0) is 13.6. The molecule has 0 aromatic heterocycles. The fourth-order valence-electron chi connectivity index (χ4n) is 0.857. The van der Waals surface area contributed by atoms with Crippen LogP contribution in [0.3, 0.4) is 0 Å². The van der Waals surface area contributed by atoms with E-state index in [1.54, 1.807) is 0 Å². The first kappa shape index (κ1) is 15.9. The monoisotopic (exact) mass is 252 g/mol. The molecule has 0 fully saturated rings. The highest BCUT2D eigenvalue weighted by Crippen LogP contribution is 2.02. The summed E-state index contributed by atoms with van der Waals surface area (Å²) >= 11 is 0. The van der Waals surface area contributed by atoms with E-state index in [-0.39, 0.29) is 0 Å². The normalized spacial score (nSPS) is 18.0. The van der Waals surface area contributed by atoms with Crippen LogP contribution in [0.4, 0.5) is 0 Å². The third kappa shape index (κ3) is 5.20. The SMILES string of the molecule is CC(O)C(=O)OCC(=O)[C@H](O)[C@@H](O)[C@H](O)CO. The van der Waals surface area contributed by atoms with E-state index in [0.717, 1.165) is 6.92 Å². The van der Waals surface area contributed by atoms with Crippen molar-refractivity contribution in [1.29, 1.82) is 0 Å². The van der Waals surface area contributed by atoms with Gasteiger partial charge in [-0.2, -0.15) is 0 Å². The first-order valence-corrected chi connectivity index (χ1v) is 4.83. The summed E-state index contributed by atoms with van der Waals surface area (Å²) in [6.07, 6.45) is -6.95. The van der Waals surface area contributed by atoms with Gasteiger partial charge in [-0.1, -0.05) is 0 Å². The summed E-state index contributed by atoms with van der Waals surface area (Å²) < 4.78 is 4.30. The van der Waals surface area contributed by atoms with Crippen molar-refractivity contribution in [3.63, 3.8) is 0 Å². The Bertz CT molecular complexity index is 264. The van der Waals surface area contributed by atoms with Crippen LogP contribution < -0.4 is 0 Å². The highest BCUT2D eigenvalue weighted by molar-refractivity contribution is 5.87. The number of rotatable bonds is 7. The Morgan fingerprint density at radius 1 is 1.18 bits per heavy atom. The molecule has 0 saturated heterocycles. The highest BCUT2D eigenvalue weighted by Gasteiger charge is 2.30. The summed E-state index contributed by atoms with van der Waals surface area (Å²) in [5.41, 5.74) is 0. The fourth-order valence-corrected chi connectivity index (χ4v) is 0.857. The lowest BCUT2D eigenvalue weighted by molar-refractivity contribution is -0.160. The summed E-state index contributed by atoms with van der Waals surface area (Å²) in [4.78, 5) is 21.9. The average Bonchev–Trinajstić information content (AvgIpc) is 2.32. The summed E-state index contributed by atoms with van der Waals surface area (Å²) in [7, 11) is 0. The number of aliphatic hydroxyl groups is 5. The van der Waals surface area contributed by atoms with Crippen molar-refractivity contribution in [2.24, 2.45) is 0 Å². The van der Waals surface area contributed by atoms with Crippen LogP contribution >= 0.6 is 0 Å². The second kappa shape index (κ2) is 7.30. The van der Waals surface area contributed by atoms with Crippen LogP contribution in [-0.2, 0) is 14.3 Å². The molecule has 0 spiro atoms. The Hall–Kier alpha value is -1.06. The quantitative estimate of drug-likeness (QED) is 0.294. The Labute approximate surface area is 97.1 Å². The number of hydrogen-bond donors (Lipinski definition) is 5. The lowest BCUT2D eigenvalue weighted by Gasteiger charge is -2.20. The van der Waals surface area contributed by atoms with E-state index in [2.05, 4.69) is 4.74 Å². The van der Waals surface area contributed by atoms with E-state index < -0.39 is 49.4 Å². The van der Waals surface area contributed by atoms with Gasteiger partial charge in [0.15, 0.2) is 6.61 Å². The molecule has 8 nitrogen and oxygen atoms in total. The zero-order valence-corrected chi connectivity index (χ0v) is 9.18. The van der Waals surface area contributed by atoms with Gasteiger partial charge in [0.1, 0.15) is 24.4 Å². The number of carbonyl (C=O) groups excluding carboxylic acids is 2. The van der Waals surface area contributed by atoms with Gasteiger partial charge in [0.25, 0.3) is 0 Å². The maximum absolute atomic E-state index is 11.2. The summed E-state index contributed by atoms with van der Waals surface area (Å²) in [5, 5.41) is 44.5. The van der Waals surface area contributed by atoms with Crippen molar-refractivity contribution >= 4 is 11.8 Å². The molecule has 0 amide bonds. The molecule has 0 heterocycles. The standard InChI is InChI=1S/C9H16O8/c1-4(11)9(16)17-3-6(13)8(15)7(14)5(12)2-10/h4-5,7-8,10-12,14-15H,2-3H2,1H3/t4?,5-,7+,8+/m1/s1. The van der Waals surface area contributed by atoms with Gasteiger partial charge < -0.3 is 30.3 Å². The van der Waals surface area contributed by atoms with Crippen LogP contribution in [0.25, 0.3) is 0 Å². The van der Waals surface area contributed by atoms with Gasteiger partial charge in [0.2, 0.25) is 5.78 Å². The van der Waals surface area contributed by atoms with Gasteiger partial charge in [0.05, 0.1) is 6.61 Å². The average molecular weight is 252 g/mol. The molecule has 0 aromatic rings. The molecule has 0 rings (SSSR count). The lowest BCUT2D eigenvalue weighted by atomic mass is 10.1. The summed E-state index contributed by atoms with van der Waals surface area (Å²) in [5.74, 6) is -2.11. The van der Waals surface area contributed by atoms with E-state index in [1.807, 2.05) is 0 Å². The smallest absolute Gasteiger partial charge is 0.335 e. The van der Waals surface area contributed by atoms with Crippen molar-refractivity contribution in [2.75, 3.05) is 13.2 Å². The molecular formula is C9H16O8. The molecule has 0 bridgehead atoms. The third-order valence-electron chi connectivity index (χ3n) is 1.93. The van der Waals surface area contributed by atoms with Crippen LogP contribution in [0.2, 0.25) is 0 Å². The first-order valence-electron chi connectivity index (χ1n) is 4.83. The number of aliphatic hydroxyl groups excluding tert-OH is 5. The zero-order valence-electron chi connectivity index (χ0n) is 9.18. The van der Waals surface area contributed by atoms with Gasteiger partial charge in [-0.3, -0.25) is 4.79 Å².